The highest BCUT2D eigenvalue weighted by Crippen LogP contribution is 2.34. The molecular weight excluding hydrogens is 295 g/mol. The van der Waals surface area contributed by atoms with E-state index < -0.39 is 0 Å². The van der Waals surface area contributed by atoms with Gasteiger partial charge < -0.3 is 4.98 Å². The minimum absolute atomic E-state index is 0.211. The largest absolute Gasteiger partial charge is 0.342 e. The highest BCUT2D eigenvalue weighted by atomic mass is 32.2. The number of hydrogen-bond acceptors (Lipinski definition) is 2. The van der Waals surface area contributed by atoms with Crippen LogP contribution in [0.3, 0.4) is 0 Å². The van der Waals surface area contributed by atoms with Crippen molar-refractivity contribution in [1.82, 2.24) is 9.97 Å². The van der Waals surface area contributed by atoms with Crippen LogP contribution in [0.2, 0.25) is 0 Å². The number of hydrogen-bond donors (Lipinski definition) is 1. The third kappa shape index (κ3) is 3.02. The van der Waals surface area contributed by atoms with E-state index in [-0.39, 0.29) is 5.82 Å². The highest BCUT2D eigenvalue weighted by Gasteiger charge is 2.15. The SMILES string of the molecule is CCC(C)SCc1[nH]c2ncccc2c1-c1ccc(F)cc1. The predicted molar refractivity (Wildman–Crippen MR) is 92.5 cm³/mol. The van der Waals surface area contributed by atoms with Crippen molar-refractivity contribution < 1.29 is 4.39 Å². The minimum Gasteiger partial charge on any atom is -0.342 e. The van der Waals surface area contributed by atoms with Gasteiger partial charge in [0.15, 0.2) is 0 Å². The maximum atomic E-state index is 13.2. The third-order valence-electron chi connectivity index (χ3n) is 3.87. The van der Waals surface area contributed by atoms with Crippen molar-refractivity contribution in [3.8, 4) is 11.1 Å². The summed E-state index contributed by atoms with van der Waals surface area (Å²) in [5.41, 5.74) is 4.21. The molecule has 22 heavy (non-hydrogen) atoms. The van der Waals surface area contributed by atoms with Crippen LogP contribution in [-0.4, -0.2) is 15.2 Å². The zero-order valence-corrected chi connectivity index (χ0v) is 13.6. The maximum absolute atomic E-state index is 13.2. The summed E-state index contributed by atoms with van der Waals surface area (Å²) in [5, 5.41) is 1.70. The van der Waals surface area contributed by atoms with Gasteiger partial charge in [0, 0.05) is 33.8 Å². The van der Waals surface area contributed by atoms with Gasteiger partial charge in [-0.15, -0.1) is 0 Å². The second kappa shape index (κ2) is 6.53. The van der Waals surface area contributed by atoms with Crippen LogP contribution in [0.1, 0.15) is 26.0 Å². The van der Waals surface area contributed by atoms with Crippen LogP contribution in [0.15, 0.2) is 42.6 Å². The van der Waals surface area contributed by atoms with Gasteiger partial charge in [-0.1, -0.05) is 26.0 Å². The fourth-order valence-corrected chi connectivity index (χ4v) is 3.38. The van der Waals surface area contributed by atoms with Crippen LogP contribution >= 0.6 is 11.8 Å². The van der Waals surface area contributed by atoms with E-state index in [9.17, 15) is 4.39 Å². The molecule has 2 heterocycles. The van der Waals surface area contributed by atoms with Gasteiger partial charge in [-0.2, -0.15) is 11.8 Å². The topological polar surface area (TPSA) is 28.7 Å². The molecule has 1 N–H and O–H groups in total. The number of aromatic nitrogens is 2. The highest BCUT2D eigenvalue weighted by molar-refractivity contribution is 7.99. The molecule has 1 unspecified atom stereocenters. The molecular formula is C18H19FN2S. The van der Waals surface area contributed by atoms with Crippen molar-refractivity contribution in [2.75, 3.05) is 0 Å². The molecule has 0 amide bonds. The Balaban J connectivity index is 2.06. The van der Waals surface area contributed by atoms with E-state index >= 15 is 0 Å². The van der Waals surface area contributed by atoms with Crippen molar-refractivity contribution in [2.45, 2.75) is 31.3 Å². The number of nitrogens with one attached hydrogen (secondary N) is 1. The molecule has 0 spiro atoms. The Morgan fingerprint density at radius 3 is 2.73 bits per heavy atom. The Morgan fingerprint density at radius 2 is 2.00 bits per heavy atom. The van der Waals surface area contributed by atoms with Gasteiger partial charge in [-0.3, -0.25) is 0 Å². The maximum Gasteiger partial charge on any atom is 0.138 e. The molecule has 0 aliphatic rings. The first kappa shape index (κ1) is 15.1. The number of rotatable bonds is 5. The van der Waals surface area contributed by atoms with Crippen LogP contribution in [-0.2, 0) is 5.75 Å². The summed E-state index contributed by atoms with van der Waals surface area (Å²) in [6.45, 7) is 4.44. The molecule has 0 bridgehead atoms. The zero-order chi connectivity index (χ0) is 15.5. The summed E-state index contributed by atoms with van der Waals surface area (Å²) in [5.74, 6) is 0.690. The lowest BCUT2D eigenvalue weighted by Gasteiger charge is -2.09. The summed E-state index contributed by atoms with van der Waals surface area (Å²) in [6.07, 6.45) is 2.94. The van der Waals surface area contributed by atoms with E-state index in [1.54, 1.807) is 6.20 Å². The van der Waals surface area contributed by atoms with Gasteiger partial charge in [-0.05, 0) is 36.2 Å². The molecule has 2 nitrogen and oxygen atoms in total. The number of nitrogens with zero attached hydrogens (tertiary/aromatic N) is 1. The summed E-state index contributed by atoms with van der Waals surface area (Å²) >= 11 is 1.92. The molecule has 0 saturated heterocycles. The van der Waals surface area contributed by atoms with Gasteiger partial charge in [-0.25, -0.2) is 9.37 Å². The number of thioether (sulfide) groups is 1. The van der Waals surface area contributed by atoms with Crippen molar-refractivity contribution in [3.05, 3.63) is 54.1 Å². The standard InChI is InChI=1S/C18H19FN2S/c1-3-12(2)22-11-16-17(13-6-8-14(19)9-7-13)15-5-4-10-20-18(15)21-16/h4-10,12H,3,11H2,1-2H3,(H,20,21). The number of fused-ring (bicyclic) bond motifs is 1. The molecule has 0 aliphatic heterocycles. The molecule has 2 aromatic heterocycles. The molecule has 0 fully saturated rings. The molecule has 0 saturated carbocycles. The van der Waals surface area contributed by atoms with Crippen LogP contribution in [0.5, 0.6) is 0 Å². The Kier molecular flexibility index (Phi) is 4.48. The second-order valence-corrected chi connectivity index (χ2v) is 6.84. The fraction of sp³-hybridized carbons (Fsp3) is 0.278. The first-order chi connectivity index (χ1) is 10.7. The lowest BCUT2D eigenvalue weighted by molar-refractivity contribution is 0.628. The first-order valence-electron chi connectivity index (χ1n) is 7.52. The van der Waals surface area contributed by atoms with Crippen molar-refractivity contribution >= 4 is 22.8 Å². The summed E-state index contributed by atoms with van der Waals surface area (Å²) < 4.78 is 13.2. The van der Waals surface area contributed by atoms with Gasteiger partial charge in [0.2, 0.25) is 0 Å². The fourth-order valence-electron chi connectivity index (χ4n) is 2.47. The van der Waals surface area contributed by atoms with E-state index in [1.165, 1.54) is 12.1 Å². The summed E-state index contributed by atoms with van der Waals surface area (Å²) in [4.78, 5) is 7.84. The predicted octanol–water partition coefficient (Wildman–Crippen LogP) is 5.40. The number of halogens is 1. The third-order valence-corrected chi connectivity index (χ3v) is 5.23. The summed E-state index contributed by atoms with van der Waals surface area (Å²) in [6, 6.07) is 10.7. The second-order valence-electron chi connectivity index (χ2n) is 5.41. The Bertz CT molecular complexity index is 764. The van der Waals surface area contributed by atoms with Gasteiger partial charge in [0.1, 0.15) is 11.5 Å². The number of H-pyrrole nitrogens is 1. The molecule has 1 atom stereocenters. The van der Waals surface area contributed by atoms with Crippen LogP contribution in [0, 0.1) is 5.82 Å². The lowest BCUT2D eigenvalue weighted by Crippen LogP contribution is -1.95. The molecule has 3 aromatic rings. The summed E-state index contributed by atoms with van der Waals surface area (Å²) in [7, 11) is 0. The normalized spacial score (nSPS) is 12.7. The number of aromatic amines is 1. The van der Waals surface area contributed by atoms with Crippen LogP contribution in [0.25, 0.3) is 22.2 Å². The monoisotopic (exact) mass is 314 g/mol. The first-order valence-corrected chi connectivity index (χ1v) is 8.57. The Hall–Kier alpha value is -1.81. The van der Waals surface area contributed by atoms with Crippen LogP contribution < -0.4 is 0 Å². The van der Waals surface area contributed by atoms with Gasteiger partial charge in [0.25, 0.3) is 0 Å². The van der Waals surface area contributed by atoms with Crippen molar-refractivity contribution in [1.29, 1.82) is 0 Å². The van der Waals surface area contributed by atoms with E-state index in [0.29, 0.717) is 5.25 Å². The van der Waals surface area contributed by atoms with Gasteiger partial charge in [0.05, 0.1) is 0 Å². The van der Waals surface area contributed by atoms with E-state index in [4.69, 9.17) is 0 Å². The smallest absolute Gasteiger partial charge is 0.138 e. The van der Waals surface area contributed by atoms with Crippen molar-refractivity contribution in [2.24, 2.45) is 0 Å². The molecule has 114 valence electrons. The minimum atomic E-state index is -0.211. The molecule has 4 heteroatoms. The molecule has 0 radical (unpaired) electrons. The average molecular weight is 314 g/mol. The average Bonchev–Trinajstić information content (AvgIpc) is 2.92. The molecule has 3 rings (SSSR count). The van der Waals surface area contributed by atoms with E-state index in [2.05, 4.69) is 29.9 Å². The van der Waals surface area contributed by atoms with E-state index in [1.807, 2.05) is 30.0 Å². The quantitative estimate of drug-likeness (QED) is 0.683. The number of benzene rings is 1. The van der Waals surface area contributed by atoms with Crippen LogP contribution in [0.4, 0.5) is 4.39 Å². The van der Waals surface area contributed by atoms with Crippen molar-refractivity contribution in [3.63, 3.8) is 0 Å². The Morgan fingerprint density at radius 1 is 1.23 bits per heavy atom. The number of pyridine rings is 1. The zero-order valence-electron chi connectivity index (χ0n) is 12.8. The molecule has 1 aromatic carbocycles. The van der Waals surface area contributed by atoms with E-state index in [0.717, 1.165) is 40.0 Å². The lowest BCUT2D eigenvalue weighted by atomic mass is 10.0. The Labute approximate surface area is 134 Å². The molecule has 0 aliphatic carbocycles. The van der Waals surface area contributed by atoms with Gasteiger partial charge >= 0.3 is 0 Å².